The summed E-state index contributed by atoms with van der Waals surface area (Å²) in [4.78, 5) is 34.6. The Bertz CT molecular complexity index is 1490. The van der Waals surface area contributed by atoms with Crippen LogP contribution in [-0.2, 0) is 11.3 Å². The average molecular weight is 431 g/mol. The lowest BCUT2D eigenvalue weighted by Gasteiger charge is -2.10. The van der Waals surface area contributed by atoms with Gasteiger partial charge in [-0.2, -0.15) is 0 Å². The van der Waals surface area contributed by atoms with E-state index in [4.69, 9.17) is 4.74 Å². The number of thiazole rings is 1. The van der Waals surface area contributed by atoms with Crippen molar-refractivity contribution in [2.45, 2.75) is 6.61 Å². The molecule has 3 aromatic heterocycles. The number of esters is 1. The third kappa shape index (κ3) is 3.69. The predicted molar refractivity (Wildman–Crippen MR) is 116 cm³/mol. The Kier molecular flexibility index (Phi) is 4.76. The number of aromatic nitrogens is 3. The molecule has 0 aliphatic carbocycles. The topological polar surface area (TPSA) is 73.6 Å². The first kappa shape index (κ1) is 19.1. The molecular weight excluding hydrogens is 417 g/mol. The molecule has 31 heavy (non-hydrogen) atoms. The number of hydrogen-bond acceptors (Lipinski definition) is 6. The van der Waals surface area contributed by atoms with Crippen molar-refractivity contribution in [1.29, 1.82) is 0 Å². The molecule has 0 bridgehead atoms. The molecule has 8 heteroatoms. The molecule has 5 aromatic rings. The van der Waals surface area contributed by atoms with Gasteiger partial charge in [-0.1, -0.05) is 18.2 Å². The van der Waals surface area contributed by atoms with Gasteiger partial charge >= 0.3 is 5.97 Å². The van der Waals surface area contributed by atoms with Gasteiger partial charge in [0.15, 0.2) is 4.96 Å². The van der Waals surface area contributed by atoms with Crippen LogP contribution in [0.3, 0.4) is 0 Å². The number of hydrogen-bond donors (Lipinski definition) is 0. The second-order valence-electron chi connectivity index (χ2n) is 6.80. The molecule has 0 unspecified atom stereocenters. The van der Waals surface area contributed by atoms with Gasteiger partial charge in [-0.25, -0.2) is 19.2 Å². The van der Waals surface area contributed by atoms with Crippen LogP contribution < -0.4 is 5.56 Å². The smallest absolute Gasteiger partial charge is 0.339 e. The Labute approximate surface area is 179 Å². The van der Waals surface area contributed by atoms with Crippen LogP contribution >= 0.6 is 11.3 Å². The Hall–Kier alpha value is -3.91. The second kappa shape index (κ2) is 7.73. The van der Waals surface area contributed by atoms with Crippen molar-refractivity contribution in [3.63, 3.8) is 0 Å². The zero-order chi connectivity index (χ0) is 21.4. The quantitative estimate of drug-likeness (QED) is 0.393. The van der Waals surface area contributed by atoms with Gasteiger partial charge in [0.25, 0.3) is 5.56 Å². The molecule has 0 saturated heterocycles. The molecule has 0 amide bonds. The van der Waals surface area contributed by atoms with Gasteiger partial charge in [0.2, 0.25) is 0 Å². The number of carbonyl (C=O) groups is 1. The van der Waals surface area contributed by atoms with Crippen molar-refractivity contribution < 1.29 is 13.9 Å². The lowest BCUT2D eigenvalue weighted by Crippen LogP contribution is -2.15. The van der Waals surface area contributed by atoms with Crippen LogP contribution in [0.25, 0.3) is 27.1 Å². The minimum absolute atomic E-state index is 0.134. The van der Waals surface area contributed by atoms with Crippen molar-refractivity contribution in [3.8, 4) is 11.3 Å². The number of carbonyl (C=O) groups excluding carboxylic acids is 1. The first-order chi connectivity index (χ1) is 15.1. The van der Waals surface area contributed by atoms with Gasteiger partial charge in [0.05, 0.1) is 22.5 Å². The Balaban J connectivity index is 1.49. The van der Waals surface area contributed by atoms with Crippen LogP contribution in [0.5, 0.6) is 0 Å². The summed E-state index contributed by atoms with van der Waals surface area (Å²) in [6.07, 6.45) is 1.64. The number of benzene rings is 2. The second-order valence-corrected chi connectivity index (χ2v) is 7.67. The Morgan fingerprint density at radius 2 is 1.87 bits per heavy atom. The van der Waals surface area contributed by atoms with E-state index in [-0.39, 0.29) is 18.0 Å². The Morgan fingerprint density at radius 3 is 2.71 bits per heavy atom. The van der Waals surface area contributed by atoms with Crippen molar-refractivity contribution in [3.05, 3.63) is 99.7 Å². The molecular formula is C23H14FN3O3S. The lowest BCUT2D eigenvalue weighted by molar-refractivity contribution is 0.0470. The summed E-state index contributed by atoms with van der Waals surface area (Å²) in [6.45, 7) is -0.134. The monoisotopic (exact) mass is 431 g/mol. The molecule has 0 aliphatic heterocycles. The molecule has 2 aromatic carbocycles. The highest BCUT2D eigenvalue weighted by Crippen LogP contribution is 2.26. The Morgan fingerprint density at radius 1 is 1.06 bits per heavy atom. The summed E-state index contributed by atoms with van der Waals surface area (Å²) >= 11 is 1.33. The lowest BCUT2D eigenvalue weighted by atomic mass is 10.0. The minimum atomic E-state index is -0.560. The molecule has 0 radical (unpaired) electrons. The van der Waals surface area contributed by atoms with Crippen LogP contribution in [0, 0.1) is 5.82 Å². The number of rotatable bonds is 4. The van der Waals surface area contributed by atoms with Crippen molar-refractivity contribution in [2.75, 3.05) is 0 Å². The molecule has 3 heterocycles. The van der Waals surface area contributed by atoms with Gasteiger partial charge in [0, 0.05) is 28.6 Å². The molecule has 5 rings (SSSR count). The largest absolute Gasteiger partial charge is 0.456 e. The highest BCUT2D eigenvalue weighted by atomic mass is 32.1. The average Bonchev–Trinajstić information content (AvgIpc) is 3.26. The maximum Gasteiger partial charge on any atom is 0.339 e. The SMILES string of the molecule is O=C(OCc1cc(=O)n2ccsc2n1)c1cc(-c2ccc(F)cc2)nc2ccccc12. The van der Waals surface area contributed by atoms with Gasteiger partial charge in [-0.15, -0.1) is 11.3 Å². The van der Waals surface area contributed by atoms with Gasteiger partial charge in [-0.05, 0) is 36.4 Å². The van der Waals surface area contributed by atoms with E-state index in [1.54, 1.807) is 41.9 Å². The fourth-order valence-corrected chi connectivity index (χ4v) is 4.03. The van der Waals surface area contributed by atoms with Crippen LogP contribution in [0.1, 0.15) is 16.1 Å². The summed E-state index contributed by atoms with van der Waals surface area (Å²) in [5.74, 6) is -0.912. The van der Waals surface area contributed by atoms with Gasteiger partial charge in [-0.3, -0.25) is 9.20 Å². The van der Waals surface area contributed by atoms with Gasteiger partial charge < -0.3 is 4.74 Å². The molecule has 6 nitrogen and oxygen atoms in total. The summed E-state index contributed by atoms with van der Waals surface area (Å²) in [6, 6.07) is 16.1. The van der Waals surface area contributed by atoms with E-state index < -0.39 is 5.97 Å². The third-order valence-corrected chi connectivity index (χ3v) is 5.54. The molecule has 0 atom stereocenters. The number of halogens is 1. The number of pyridine rings is 1. The normalized spacial score (nSPS) is 11.1. The predicted octanol–water partition coefficient (Wildman–Crippen LogP) is 4.47. The number of fused-ring (bicyclic) bond motifs is 2. The zero-order valence-electron chi connectivity index (χ0n) is 16.0. The van der Waals surface area contributed by atoms with E-state index in [1.807, 2.05) is 12.1 Å². The summed E-state index contributed by atoms with van der Waals surface area (Å²) in [7, 11) is 0. The van der Waals surface area contributed by atoms with Crippen LogP contribution in [0.15, 0.2) is 77.0 Å². The molecule has 0 saturated carbocycles. The maximum atomic E-state index is 13.3. The van der Waals surface area contributed by atoms with Crippen molar-refractivity contribution in [2.24, 2.45) is 0 Å². The highest BCUT2D eigenvalue weighted by Gasteiger charge is 2.16. The summed E-state index contributed by atoms with van der Waals surface area (Å²) < 4.78 is 20.2. The molecule has 0 spiro atoms. The fraction of sp³-hybridized carbons (Fsp3) is 0.0435. The van der Waals surface area contributed by atoms with Crippen molar-refractivity contribution >= 4 is 33.2 Å². The number of para-hydroxylation sites is 1. The third-order valence-electron chi connectivity index (χ3n) is 4.78. The summed E-state index contributed by atoms with van der Waals surface area (Å²) in [5, 5.41) is 2.40. The first-order valence-electron chi connectivity index (χ1n) is 9.37. The van der Waals surface area contributed by atoms with E-state index in [1.165, 1.54) is 33.9 Å². The van der Waals surface area contributed by atoms with Crippen molar-refractivity contribution in [1.82, 2.24) is 14.4 Å². The molecule has 152 valence electrons. The highest BCUT2D eigenvalue weighted by molar-refractivity contribution is 7.15. The van der Waals surface area contributed by atoms with E-state index in [0.717, 1.165) is 0 Å². The standard InChI is InChI=1S/C23H14FN3O3S/c24-15-7-5-14(6-8-15)20-12-18(17-3-1-2-4-19(17)26-20)22(29)30-13-16-11-21(28)27-9-10-31-23(27)25-16/h1-12H,13H2. The van der Waals surface area contributed by atoms with Crippen LogP contribution in [0.4, 0.5) is 4.39 Å². The number of nitrogens with zero attached hydrogens (tertiary/aromatic N) is 3. The van der Waals surface area contributed by atoms with Gasteiger partial charge in [0.1, 0.15) is 12.4 Å². The molecule has 0 N–H and O–H groups in total. The first-order valence-corrected chi connectivity index (χ1v) is 10.2. The van der Waals surface area contributed by atoms with E-state index in [0.29, 0.717) is 38.4 Å². The van der Waals surface area contributed by atoms with Crippen LogP contribution in [-0.4, -0.2) is 20.3 Å². The maximum absolute atomic E-state index is 13.3. The molecule has 0 aliphatic rings. The van der Waals surface area contributed by atoms with E-state index >= 15 is 0 Å². The summed E-state index contributed by atoms with van der Waals surface area (Å²) in [5.41, 5.74) is 2.30. The minimum Gasteiger partial charge on any atom is -0.456 e. The molecule has 0 fully saturated rings. The van der Waals surface area contributed by atoms with E-state index in [9.17, 15) is 14.0 Å². The number of ether oxygens (including phenoxy) is 1. The zero-order valence-corrected chi connectivity index (χ0v) is 16.8. The van der Waals surface area contributed by atoms with Crippen LogP contribution in [0.2, 0.25) is 0 Å². The van der Waals surface area contributed by atoms with E-state index in [2.05, 4.69) is 9.97 Å². The fourth-order valence-electron chi connectivity index (χ4n) is 3.29.